The lowest BCUT2D eigenvalue weighted by atomic mass is 10.00. The van der Waals surface area contributed by atoms with Gasteiger partial charge in [0.25, 0.3) is 0 Å². The van der Waals surface area contributed by atoms with Crippen LogP contribution in [0.25, 0.3) is 0 Å². The molecule has 0 aliphatic heterocycles. The van der Waals surface area contributed by atoms with Crippen molar-refractivity contribution < 1.29 is 22.0 Å². The van der Waals surface area contributed by atoms with Crippen LogP contribution in [0, 0.1) is 11.6 Å². The van der Waals surface area contributed by atoms with Gasteiger partial charge in [0.15, 0.2) is 11.6 Å². The minimum Gasteiger partial charge on any atom is -0.204 e. The van der Waals surface area contributed by atoms with Crippen molar-refractivity contribution >= 4 is 0 Å². The van der Waals surface area contributed by atoms with E-state index in [1.807, 2.05) is 0 Å². The van der Waals surface area contributed by atoms with Gasteiger partial charge < -0.3 is 0 Å². The molecule has 0 unspecified atom stereocenters. The Morgan fingerprint density at radius 2 is 1.60 bits per heavy atom. The second kappa shape index (κ2) is 3.79. The van der Waals surface area contributed by atoms with Gasteiger partial charge in [-0.1, -0.05) is 13.8 Å². The Balaban J connectivity index is 3.38. The van der Waals surface area contributed by atoms with Crippen molar-refractivity contribution in [2.24, 2.45) is 0 Å². The lowest BCUT2D eigenvalue weighted by Crippen LogP contribution is -2.11. The highest BCUT2D eigenvalue weighted by Crippen LogP contribution is 2.34. The highest BCUT2D eigenvalue weighted by Gasteiger charge is 2.36. The maximum absolute atomic E-state index is 12.9. The van der Waals surface area contributed by atoms with Gasteiger partial charge in [0, 0.05) is 0 Å². The normalized spacial score (nSPS) is 12.3. The van der Waals surface area contributed by atoms with Crippen LogP contribution in [0.2, 0.25) is 0 Å². The zero-order valence-electron chi connectivity index (χ0n) is 8.12. The summed E-state index contributed by atoms with van der Waals surface area (Å²) < 4.78 is 62.5. The fraction of sp³-hybridized carbons (Fsp3) is 0.400. The van der Waals surface area contributed by atoms with Crippen molar-refractivity contribution in [3.8, 4) is 0 Å². The summed E-state index contributed by atoms with van der Waals surface area (Å²) in [4.78, 5) is 0. The Bertz CT molecular complexity index is 365. The van der Waals surface area contributed by atoms with Crippen LogP contribution in [0.15, 0.2) is 12.1 Å². The molecule has 0 N–H and O–H groups in total. The predicted molar refractivity (Wildman–Crippen MR) is 45.4 cm³/mol. The third kappa shape index (κ3) is 2.46. The maximum Gasteiger partial charge on any atom is 0.419 e. The molecule has 1 aromatic rings. The Labute approximate surface area is 83.7 Å². The van der Waals surface area contributed by atoms with E-state index in [2.05, 4.69) is 0 Å². The van der Waals surface area contributed by atoms with Gasteiger partial charge >= 0.3 is 6.18 Å². The van der Waals surface area contributed by atoms with Gasteiger partial charge in [0.05, 0.1) is 5.56 Å². The molecule has 0 aliphatic rings. The molecule has 84 valence electrons. The third-order valence-electron chi connectivity index (χ3n) is 2.02. The summed E-state index contributed by atoms with van der Waals surface area (Å²) in [5.74, 6) is -3.60. The number of alkyl halides is 3. The molecular weight excluding hydrogens is 215 g/mol. The van der Waals surface area contributed by atoms with Crippen molar-refractivity contribution in [1.29, 1.82) is 0 Å². The molecule has 0 fully saturated rings. The van der Waals surface area contributed by atoms with Crippen LogP contribution in [0.1, 0.15) is 30.9 Å². The lowest BCUT2D eigenvalue weighted by molar-refractivity contribution is -0.140. The molecule has 0 saturated heterocycles. The molecule has 1 rings (SSSR count). The molecule has 0 radical (unpaired) electrons. The van der Waals surface area contributed by atoms with Crippen molar-refractivity contribution in [3.05, 3.63) is 34.9 Å². The van der Waals surface area contributed by atoms with Gasteiger partial charge in [-0.05, 0) is 23.6 Å². The standard InChI is InChI=1S/C10H9F5/c1-5(2)6-3-7(10(13,14)15)9(12)8(11)4-6/h3-5H,1-2H3. The van der Waals surface area contributed by atoms with E-state index in [0.29, 0.717) is 6.07 Å². The molecule has 0 nitrogen and oxygen atoms in total. The molecule has 5 heteroatoms. The molecule has 0 heterocycles. The molecule has 1 aromatic carbocycles. The SMILES string of the molecule is CC(C)c1cc(F)c(F)c(C(F)(F)F)c1. The van der Waals surface area contributed by atoms with Crippen molar-refractivity contribution in [2.75, 3.05) is 0 Å². The summed E-state index contributed by atoms with van der Waals surface area (Å²) in [7, 11) is 0. The van der Waals surface area contributed by atoms with Crippen LogP contribution in [0.5, 0.6) is 0 Å². The van der Waals surface area contributed by atoms with Gasteiger partial charge in [0.1, 0.15) is 0 Å². The average Bonchev–Trinajstić information content (AvgIpc) is 2.06. The summed E-state index contributed by atoms with van der Waals surface area (Å²) in [6.45, 7) is 3.21. The molecule has 0 aliphatic carbocycles. The van der Waals surface area contributed by atoms with E-state index in [9.17, 15) is 22.0 Å². The summed E-state index contributed by atoms with van der Waals surface area (Å²) in [5.41, 5.74) is -1.42. The first-order valence-electron chi connectivity index (χ1n) is 4.29. The Kier molecular flexibility index (Phi) is 3.02. The van der Waals surface area contributed by atoms with Crippen molar-refractivity contribution in [3.63, 3.8) is 0 Å². The van der Waals surface area contributed by atoms with E-state index in [0.717, 1.165) is 6.07 Å². The topological polar surface area (TPSA) is 0 Å². The van der Waals surface area contributed by atoms with E-state index in [4.69, 9.17) is 0 Å². The zero-order chi connectivity index (χ0) is 11.8. The van der Waals surface area contributed by atoms with Gasteiger partial charge in [0.2, 0.25) is 0 Å². The van der Waals surface area contributed by atoms with Gasteiger partial charge in [-0.15, -0.1) is 0 Å². The number of benzene rings is 1. The molecule has 15 heavy (non-hydrogen) atoms. The fourth-order valence-corrected chi connectivity index (χ4v) is 1.15. The van der Waals surface area contributed by atoms with E-state index in [1.54, 1.807) is 13.8 Å². The molecule has 0 amide bonds. The molecule has 0 saturated carbocycles. The highest BCUT2D eigenvalue weighted by atomic mass is 19.4. The number of halogens is 5. The van der Waals surface area contributed by atoms with E-state index in [1.165, 1.54) is 0 Å². The van der Waals surface area contributed by atoms with Crippen molar-refractivity contribution in [1.82, 2.24) is 0 Å². The maximum atomic E-state index is 12.9. The third-order valence-corrected chi connectivity index (χ3v) is 2.02. The smallest absolute Gasteiger partial charge is 0.204 e. The van der Waals surface area contributed by atoms with Crippen LogP contribution in [0.3, 0.4) is 0 Å². The van der Waals surface area contributed by atoms with Gasteiger partial charge in [-0.25, -0.2) is 8.78 Å². The Morgan fingerprint density at radius 1 is 1.07 bits per heavy atom. The van der Waals surface area contributed by atoms with E-state index >= 15 is 0 Å². The second-order valence-corrected chi connectivity index (χ2v) is 3.52. The predicted octanol–water partition coefficient (Wildman–Crippen LogP) is 4.11. The monoisotopic (exact) mass is 224 g/mol. The Hall–Kier alpha value is -1.13. The van der Waals surface area contributed by atoms with Gasteiger partial charge in [-0.3, -0.25) is 0 Å². The number of rotatable bonds is 1. The molecular formula is C10H9F5. The zero-order valence-corrected chi connectivity index (χ0v) is 8.12. The van der Waals surface area contributed by atoms with Crippen LogP contribution in [0.4, 0.5) is 22.0 Å². The lowest BCUT2D eigenvalue weighted by Gasteiger charge is -2.12. The molecule has 0 spiro atoms. The second-order valence-electron chi connectivity index (χ2n) is 3.52. The average molecular weight is 224 g/mol. The Morgan fingerprint density at radius 3 is 2.00 bits per heavy atom. The summed E-state index contributed by atoms with van der Waals surface area (Å²) in [6, 6.07) is 1.43. The summed E-state index contributed by atoms with van der Waals surface area (Å²) >= 11 is 0. The quantitative estimate of drug-likeness (QED) is 0.630. The number of hydrogen-bond donors (Lipinski definition) is 0. The van der Waals surface area contributed by atoms with Crippen LogP contribution in [-0.4, -0.2) is 0 Å². The first-order chi connectivity index (χ1) is 6.73. The molecule has 0 atom stereocenters. The first-order valence-corrected chi connectivity index (χ1v) is 4.29. The van der Waals surface area contributed by atoms with Crippen LogP contribution in [-0.2, 0) is 6.18 Å². The first kappa shape index (κ1) is 11.9. The number of hydrogen-bond acceptors (Lipinski definition) is 0. The highest BCUT2D eigenvalue weighted by molar-refractivity contribution is 5.30. The molecule has 0 bridgehead atoms. The minimum atomic E-state index is -4.87. The summed E-state index contributed by atoms with van der Waals surface area (Å²) in [5, 5.41) is 0. The summed E-state index contributed by atoms with van der Waals surface area (Å²) in [6.07, 6.45) is -4.87. The van der Waals surface area contributed by atoms with E-state index in [-0.39, 0.29) is 11.5 Å². The van der Waals surface area contributed by atoms with E-state index < -0.39 is 23.4 Å². The molecule has 0 aromatic heterocycles. The van der Waals surface area contributed by atoms with Crippen LogP contribution < -0.4 is 0 Å². The minimum absolute atomic E-state index is 0.126. The fourth-order valence-electron chi connectivity index (χ4n) is 1.15. The largest absolute Gasteiger partial charge is 0.419 e. The van der Waals surface area contributed by atoms with Crippen LogP contribution >= 0.6 is 0 Å². The van der Waals surface area contributed by atoms with Crippen molar-refractivity contribution in [2.45, 2.75) is 25.9 Å². The van der Waals surface area contributed by atoms with Gasteiger partial charge in [-0.2, -0.15) is 13.2 Å².